The number of carbonyl (C=O) groups excluding carboxylic acids is 1. The maximum atomic E-state index is 11.3. The minimum atomic E-state index is -0.550. The van der Waals surface area contributed by atoms with Crippen molar-refractivity contribution < 1.29 is 9.53 Å². The lowest BCUT2D eigenvalue weighted by molar-refractivity contribution is 0.202. The highest BCUT2D eigenvalue weighted by Crippen LogP contribution is 2.24. The highest BCUT2D eigenvalue weighted by molar-refractivity contribution is 6.29. The number of hydrogen-bond acceptors (Lipinski definition) is 5. The van der Waals surface area contributed by atoms with Crippen LogP contribution in [0.5, 0.6) is 5.75 Å². The molecular weight excluding hydrogens is 270 g/mol. The number of aromatic nitrogens is 4. The average molecular weight is 282 g/mol. The third-order valence-electron chi connectivity index (χ3n) is 2.46. The van der Waals surface area contributed by atoms with Crippen molar-refractivity contribution in [3.63, 3.8) is 0 Å². The molecule has 0 saturated heterocycles. The summed E-state index contributed by atoms with van der Waals surface area (Å²) in [5, 5.41) is 6.96. The van der Waals surface area contributed by atoms with Gasteiger partial charge in [0.15, 0.2) is 11.6 Å². The standard InChI is InChI=1S/C11H12ClN5O2/c1-6-10(19-11(18)13-3)7(2)17(16-6)9-4-8(12)14-5-15-9/h4-5H,1-3H3,(H,13,18). The number of ether oxygens (including phenoxy) is 1. The van der Waals surface area contributed by atoms with Gasteiger partial charge in [-0.1, -0.05) is 11.6 Å². The first-order valence-corrected chi connectivity index (χ1v) is 5.84. The lowest BCUT2D eigenvalue weighted by Crippen LogP contribution is -2.22. The van der Waals surface area contributed by atoms with Gasteiger partial charge in [0.1, 0.15) is 17.2 Å². The molecule has 0 aliphatic heterocycles. The van der Waals surface area contributed by atoms with Gasteiger partial charge in [0.05, 0.1) is 5.69 Å². The van der Waals surface area contributed by atoms with Crippen molar-refractivity contribution in [2.24, 2.45) is 0 Å². The molecule has 0 saturated carbocycles. The zero-order valence-electron chi connectivity index (χ0n) is 10.6. The summed E-state index contributed by atoms with van der Waals surface area (Å²) < 4.78 is 6.69. The molecule has 8 heteroatoms. The van der Waals surface area contributed by atoms with E-state index in [0.29, 0.717) is 28.1 Å². The number of rotatable bonds is 2. The summed E-state index contributed by atoms with van der Waals surface area (Å²) in [5.74, 6) is 0.904. The van der Waals surface area contributed by atoms with E-state index in [9.17, 15) is 4.79 Å². The van der Waals surface area contributed by atoms with E-state index in [0.717, 1.165) is 0 Å². The van der Waals surface area contributed by atoms with Crippen molar-refractivity contribution in [2.45, 2.75) is 13.8 Å². The molecule has 0 aliphatic carbocycles. The topological polar surface area (TPSA) is 81.9 Å². The third-order valence-corrected chi connectivity index (χ3v) is 2.67. The summed E-state index contributed by atoms with van der Waals surface area (Å²) in [6.07, 6.45) is 0.791. The molecule has 7 nitrogen and oxygen atoms in total. The van der Waals surface area contributed by atoms with Gasteiger partial charge in [-0.05, 0) is 13.8 Å². The summed E-state index contributed by atoms with van der Waals surface area (Å²) in [7, 11) is 1.49. The molecule has 0 aromatic carbocycles. The molecule has 0 fully saturated rings. The summed E-state index contributed by atoms with van der Waals surface area (Å²) in [6, 6.07) is 1.57. The Morgan fingerprint density at radius 1 is 1.42 bits per heavy atom. The summed E-state index contributed by atoms with van der Waals surface area (Å²) in [4.78, 5) is 19.1. The van der Waals surface area contributed by atoms with Gasteiger partial charge in [0.25, 0.3) is 0 Å². The van der Waals surface area contributed by atoms with Gasteiger partial charge in [-0.15, -0.1) is 0 Å². The van der Waals surface area contributed by atoms with E-state index < -0.39 is 6.09 Å². The Hall–Kier alpha value is -2.15. The van der Waals surface area contributed by atoms with Crippen molar-refractivity contribution in [3.8, 4) is 11.6 Å². The number of amides is 1. The Bertz CT molecular complexity index is 626. The van der Waals surface area contributed by atoms with Crippen LogP contribution in [0.4, 0.5) is 4.79 Å². The van der Waals surface area contributed by atoms with E-state index in [2.05, 4.69) is 20.4 Å². The van der Waals surface area contributed by atoms with Crippen molar-refractivity contribution >= 4 is 17.7 Å². The molecule has 0 unspecified atom stereocenters. The first kappa shape index (κ1) is 13.3. The van der Waals surface area contributed by atoms with Gasteiger partial charge < -0.3 is 10.1 Å². The lowest BCUT2D eigenvalue weighted by Gasteiger charge is -2.05. The fourth-order valence-corrected chi connectivity index (χ4v) is 1.72. The molecule has 2 aromatic heterocycles. The molecule has 0 atom stereocenters. The normalized spacial score (nSPS) is 10.3. The predicted molar refractivity (Wildman–Crippen MR) is 68.7 cm³/mol. The van der Waals surface area contributed by atoms with Gasteiger partial charge in [-0.2, -0.15) is 5.10 Å². The number of hydrogen-bond donors (Lipinski definition) is 1. The van der Waals surface area contributed by atoms with Gasteiger partial charge >= 0.3 is 6.09 Å². The molecule has 0 aliphatic rings. The molecule has 0 spiro atoms. The van der Waals surface area contributed by atoms with Crippen LogP contribution in [0.1, 0.15) is 11.4 Å². The lowest BCUT2D eigenvalue weighted by atomic mass is 10.3. The molecule has 1 amide bonds. The van der Waals surface area contributed by atoms with E-state index in [1.54, 1.807) is 24.6 Å². The quantitative estimate of drug-likeness (QED) is 0.847. The van der Waals surface area contributed by atoms with Gasteiger partial charge in [-0.25, -0.2) is 19.4 Å². The molecule has 100 valence electrons. The maximum Gasteiger partial charge on any atom is 0.412 e. The highest BCUT2D eigenvalue weighted by Gasteiger charge is 2.17. The smallest absolute Gasteiger partial charge is 0.406 e. The molecule has 2 heterocycles. The van der Waals surface area contributed by atoms with Crippen LogP contribution in [0.25, 0.3) is 5.82 Å². The molecular formula is C11H12ClN5O2. The van der Waals surface area contributed by atoms with Crippen molar-refractivity contribution in [3.05, 3.63) is 28.9 Å². The van der Waals surface area contributed by atoms with Crippen LogP contribution in [0.3, 0.4) is 0 Å². The number of nitrogens with one attached hydrogen (secondary N) is 1. The Kier molecular flexibility index (Phi) is 3.66. The van der Waals surface area contributed by atoms with E-state index in [1.807, 2.05) is 0 Å². The van der Waals surface area contributed by atoms with Gasteiger partial charge in [-0.3, -0.25) is 0 Å². The van der Waals surface area contributed by atoms with Crippen LogP contribution in [-0.2, 0) is 0 Å². The van der Waals surface area contributed by atoms with E-state index in [1.165, 1.54) is 13.4 Å². The van der Waals surface area contributed by atoms with Gasteiger partial charge in [0.2, 0.25) is 0 Å². The zero-order chi connectivity index (χ0) is 14.0. The largest absolute Gasteiger partial charge is 0.412 e. The first-order chi connectivity index (χ1) is 9.02. The summed E-state index contributed by atoms with van der Waals surface area (Å²) >= 11 is 5.81. The minimum absolute atomic E-state index is 0.311. The second-order valence-electron chi connectivity index (χ2n) is 3.75. The van der Waals surface area contributed by atoms with Crippen LogP contribution >= 0.6 is 11.6 Å². The third kappa shape index (κ3) is 2.65. The average Bonchev–Trinajstić information content (AvgIpc) is 2.66. The van der Waals surface area contributed by atoms with Crippen molar-refractivity contribution in [2.75, 3.05) is 7.05 Å². The second-order valence-corrected chi connectivity index (χ2v) is 4.14. The van der Waals surface area contributed by atoms with E-state index >= 15 is 0 Å². The molecule has 2 rings (SSSR count). The highest BCUT2D eigenvalue weighted by atomic mass is 35.5. The maximum absolute atomic E-state index is 11.3. The molecule has 2 aromatic rings. The predicted octanol–water partition coefficient (Wildman–Crippen LogP) is 1.65. The monoisotopic (exact) mass is 281 g/mol. The Labute approximate surface area is 114 Å². The molecule has 1 N–H and O–H groups in total. The fraction of sp³-hybridized carbons (Fsp3) is 0.273. The molecule has 19 heavy (non-hydrogen) atoms. The zero-order valence-corrected chi connectivity index (χ0v) is 11.4. The molecule has 0 radical (unpaired) electrons. The van der Waals surface area contributed by atoms with Crippen LogP contribution < -0.4 is 10.1 Å². The van der Waals surface area contributed by atoms with Crippen LogP contribution in [0.2, 0.25) is 5.15 Å². The fourth-order valence-electron chi connectivity index (χ4n) is 1.58. The summed E-state index contributed by atoms with van der Waals surface area (Å²) in [6.45, 7) is 3.51. The Morgan fingerprint density at radius 3 is 2.79 bits per heavy atom. The Morgan fingerprint density at radius 2 is 2.16 bits per heavy atom. The van der Waals surface area contributed by atoms with Crippen LogP contribution in [0, 0.1) is 13.8 Å². The van der Waals surface area contributed by atoms with E-state index in [-0.39, 0.29) is 0 Å². The SMILES string of the molecule is CNC(=O)Oc1c(C)nn(-c2cc(Cl)ncn2)c1C. The van der Waals surface area contributed by atoms with Crippen LogP contribution in [-0.4, -0.2) is 32.9 Å². The number of nitrogens with zero attached hydrogens (tertiary/aromatic N) is 4. The van der Waals surface area contributed by atoms with Crippen molar-refractivity contribution in [1.82, 2.24) is 25.1 Å². The van der Waals surface area contributed by atoms with Crippen molar-refractivity contribution in [1.29, 1.82) is 0 Å². The second kappa shape index (κ2) is 5.23. The number of halogens is 1. The van der Waals surface area contributed by atoms with Crippen LogP contribution in [0.15, 0.2) is 12.4 Å². The first-order valence-electron chi connectivity index (χ1n) is 5.46. The number of carbonyl (C=O) groups is 1. The van der Waals surface area contributed by atoms with E-state index in [4.69, 9.17) is 16.3 Å². The minimum Gasteiger partial charge on any atom is -0.406 e. The summed E-state index contributed by atoms with van der Waals surface area (Å²) in [5.41, 5.74) is 1.23. The van der Waals surface area contributed by atoms with Gasteiger partial charge in [0, 0.05) is 13.1 Å². The molecule has 0 bridgehead atoms. The number of aryl methyl sites for hydroxylation is 1. The Balaban J connectivity index is 2.44.